The van der Waals surface area contributed by atoms with Gasteiger partial charge in [-0.1, -0.05) is 13.0 Å². The Bertz CT molecular complexity index is 533. The van der Waals surface area contributed by atoms with Crippen LogP contribution in [0.2, 0.25) is 0 Å². The molecular weight excluding hydrogens is 262 g/mol. The quantitative estimate of drug-likeness (QED) is 0.865. The third-order valence-electron chi connectivity index (χ3n) is 3.31. The standard InChI is InChI=1S/C14H17NO3S/c1-3-4-9(2)13(16)15-7-5-11-10(6-8-19-11)12(15)14(17)18/h4,6,8,12H,3,5,7H2,1-2H3,(H,17,18). The van der Waals surface area contributed by atoms with E-state index in [1.807, 2.05) is 24.4 Å². The molecule has 5 heteroatoms. The highest BCUT2D eigenvalue weighted by Crippen LogP contribution is 2.34. The first-order valence-electron chi connectivity index (χ1n) is 6.33. The maximum atomic E-state index is 12.3. The van der Waals surface area contributed by atoms with Gasteiger partial charge in [-0.2, -0.15) is 0 Å². The molecule has 102 valence electrons. The Morgan fingerprint density at radius 1 is 1.58 bits per heavy atom. The summed E-state index contributed by atoms with van der Waals surface area (Å²) in [6, 6.07) is 0.972. The number of rotatable bonds is 3. The summed E-state index contributed by atoms with van der Waals surface area (Å²) in [5.74, 6) is -1.14. The van der Waals surface area contributed by atoms with Crippen molar-refractivity contribution < 1.29 is 14.7 Å². The number of carbonyl (C=O) groups is 2. The van der Waals surface area contributed by atoms with Gasteiger partial charge in [0.25, 0.3) is 0 Å². The highest BCUT2D eigenvalue weighted by molar-refractivity contribution is 7.10. The van der Waals surface area contributed by atoms with Crippen LogP contribution in [-0.2, 0) is 16.0 Å². The predicted molar refractivity (Wildman–Crippen MR) is 74.2 cm³/mol. The molecule has 19 heavy (non-hydrogen) atoms. The van der Waals surface area contributed by atoms with Crippen LogP contribution in [0.3, 0.4) is 0 Å². The number of hydrogen-bond acceptors (Lipinski definition) is 3. The topological polar surface area (TPSA) is 57.6 Å². The zero-order chi connectivity index (χ0) is 14.0. The lowest BCUT2D eigenvalue weighted by atomic mass is 9.99. The van der Waals surface area contributed by atoms with Crippen molar-refractivity contribution >= 4 is 23.2 Å². The second-order valence-corrected chi connectivity index (χ2v) is 5.58. The van der Waals surface area contributed by atoms with E-state index < -0.39 is 12.0 Å². The largest absolute Gasteiger partial charge is 0.479 e. The molecule has 0 saturated heterocycles. The fourth-order valence-corrected chi connectivity index (χ4v) is 3.33. The summed E-state index contributed by atoms with van der Waals surface area (Å²) in [5.41, 5.74) is 1.38. The first-order chi connectivity index (χ1) is 9.06. The average molecular weight is 279 g/mol. The number of hydrogen-bond donors (Lipinski definition) is 1. The number of amides is 1. The van der Waals surface area contributed by atoms with Gasteiger partial charge < -0.3 is 10.0 Å². The molecule has 1 aromatic rings. The third-order valence-corrected chi connectivity index (χ3v) is 4.30. The minimum absolute atomic E-state index is 0.175. The number of nitrogens with zero attached hydrogens (tertiary/aromatic N) is 1. The molecule has 1 unspecified atom stereocenters. The van der Waals surface area contributed by atoms with E-state index in [9.17, 15) is 14.7 Å². The average Bonchev–Trinajstić information content (AvgIpc) is 2.84. The van der Waals surface area contributed by atoms with Crippen molar-refractivity contribution in [1.82, 2.24) is 4.90 Å². The lowest BCUT2D eigenvalue weighted by molar-refractivity contribution is -0.149. The van der Waals surface area contributed by atoms with Gasteiger partial charge in [-0.05, 0) is 36.8 Å². The van der Waals surface area contributed by atoms with Crippen LogP contribution in [-0.4, -0.2) is 28.4 Å². The van der Waals surface area contributed by atoms with Gasteiger partial charge in [0.2, 0.25) is 5.91 Å². The third kappa shape index (κ3) is 2.56. The zero-order valence-corrected chi connectivity index (χ0v) is 11.9. The van der Waals surface area contributed by atoms with Crippen LogP contribution in [0.25, 0.3) is 0 Å². The molecule has 1 aliphatic rings. The highest BCUT2D eigenvalue weighted by atomic mass is 32.1. The van der Waals surface area contributed by atoms with E-state index in [4.69, 9.17) is 0 Å². The smallest absolute Gasteiger partial charge is 0.331 e. The van der Waals surface area contributed by atoms with Gasteiger partial charge >= 0.3 is 5.97 Å². The van der Waals surface area contributed by atoms with Gasteiger partial charge in [-0.15, -0.1) is 11.3 Å². The van der Waals surface area contributed by atoms with Crippen molar-refractivity contribution in [2.24, 2.45) is 0 Å². The number of aliphatic carboxylic acids is 1. The van der Waals surface area contributed by atoms with Gasteiger partial charge in [0.1, 0.15) is 0 Å². The molecule has 0 bridgehead atoms. The molecule has 1 N–H and O–H groups in total. The predicted octanol–water partition coefficient (Wildman–Crippen LogP) is 2.61. The Kier molecular flexibility index (Phi) is 4.04. The summed E-state index contributed by atoms with van der Waals surface area (Å²) in [6.07, 6.45) is 3.35. The van der Waals surface area contributed by atoms with Crippen molar-refractivity contribution in [3.63, 3.8) is 0 Å². The van der Waals surface area contributed by atoms with Crippen molar-refractivity contribution in [2.45, 2.75) is 32.7 Å². The Morgan fingerprint density at radius 3 is 2.95 bits per heavy atom. The lowest BCUT2D eigenvalue weighted by Gasteiger charge is -2.33. The van der Waals surface area contributed by atoms with E-state index >= 15 is 0 Å². The van der Waals surface area contributed by atoms with Gasteiger partial charge in [-0.25, -0.2) is 4.79 Å². The van der Waals surface area contributed by atoms with Crippen LogP contribution in [0, 0.1) is 0 Å². The minimum Gasteiger partial charge on any atom is -0.479 e. The Hall–Kier alpha value is -1.62. The number of allylic oxidation sites excluding steroid dienone is 1. The second kappa shape index (κ2) is 5.57. The molecule has 2 heterocycles. The molecular formula is C14H17NO3S. The van der Waals surface area contributed by atoms with E-state index in [1.54, 1.807) is 18.3 Å². The fourth-order valence-electron chi connectivity index (χ4n) is 2.42. The molecule has 0 fully saturated rings. The summed E-state index contributed by atoms with van der Waals surface area (Å²) in [5, 5.41) is 11.3. The Labute approximate surface area is 116 Å². The fraction of sp³-hybridized carbons (Fsp3) is 0.429. The number of fused-ring (bicyclic) bond motifs is 1. The van der Waals surface area contributed by atoms with Crippen LogP contribution >= 0.6 is 11.3 Å². The highest BCUT2D eigenvalue weighted by Gasteiger charge is 2.36. The van der Waals surface area contributed by atoms with Crippen LogP contribution in [0.4, 0.5) is 0 Å². The molecule has 0 aliphatic carbocycles. The molecule has 0 aromatic carbocycles. The minimum atomic E-state index is -0.961. The molecule has 1 atom stereocenters. The number of carbonyl (C=O) groups excluding carboxylic acids is 1. The summed E-state index contributed by atoms with van der Waals surface area (Å²) in [4.78, 5) is 26.4. The monoisotopic (exact) mass is 279 g/mol. The van der Waals surface area contributed by atoms with Crippen molar-refractivity contribution in [3.8, 4) is 0 Å². The van der Waals surface area contributed by atoms with E-state index in [0.717, 1.165) is 23.3 Å². The van der Waals surface area contributed by atoms with Crippen molar-refractivity contribution in [2.75, 3.05) is 6.54 Å². The molecule has 1 aromatic heterocycles. The van der Waals surface area contributed by atoms with Crippen LogP contribution < -0.4 is 0 Å². The van der Waals surface area contributed by atoms with E-state index in [0.29, 0.717) is 12.1 Å². The SMILES string of the molecule is CCC=C(C)C(=O)N1CCc2sccc2C1C(=O)O. The first-order valence-corrected chi connectivity index (χ1v) is 7.21. The van der Waals surface area contributed by atoms with Crippen molar-refractivity contribution in [3.05, 3.63) is 33.5 Å². The molecule has 1 aliphatic heterocycles. The maximum absolute atomic E-state index is 12.3. The number of carboxylic acids is 1. The second-order valence-electron chi connectivity index (χ2n) is 4.58. The van der Waals surface area contributed by atoms with E-state index in [-0.39, 0.29) is 5.91 Å². The van der Waals surface area contributed by atoms with Gasteiger partial charge in [0, 0.05) is 17.0 Å². The Morgan fingerprint density at radius 2 is 2.32 bits per heavy atom. The summed E-state index contributed by atoms with van der Waals surface area (Å²) in [6.45, 7) is 4.17. The normalized spacial score (nSPS) is 19.2. The van der Waals surface area contributed by atoms with Gasteiger partial charge in [0.15, 0.2) is 6.04 Å². The molecule has 2 rings (SSSR count). The van der Waals surface area contributed by atoms with Crippen molar-refractivity contribution in [1.29, 1.82) is 0 Å². The van der Waals surface area contributed by atoms with Gasteiger partial charge in [-0.3, -0.25) is 4.79 Å². The van der Waals surface area contributed by atoms with Gasteiger partial charge in [0.05, 0.1) is 0 Å². The lowest BCUT2D eigenvalue weighted by Crippen LogP contribution is -2.43. The van der Waals surface area contributed by atoms with Crippen LogP contribution in [0.15, 0.2) is 23.1 Å². The molecule has 1 amide bonds. The summed E-state index contributed by atoms with van der Waals surface area (Å²) in [7, 11) is 0. The summed E-state index contributed by atoms with van der Waals surface area (Å²) >= 11 is 1.56. The van der Waals surface area contributed by atoms with E-state index in [1.165, 1.54) is 4.90 Å². The van der Waals surface area contributed by atoms with E-state index in [2.05, 4.69) is 0 Å². The maximum Gasteiger partial charge on any atom is 0.331 e. The molecule has 0 radical (unpaired) electrons. The van der Waals surface area contributed by atoms with Crippen LogP contribution in [0.5, 0.6) is 0 Å². The van der Waals surface area contributed by atoms with Crippen LogP contribution in [0.1, 0.15) is 36.8 Å². The number of thiophene rings is 1. The zero-order valence-electron chi connectivity index (χ0n) is 11.0. The molecule has 0 spiro atoms. The summed E-state index contributed by atoms with van der Waals surface area (Å²) < 4.78 is 0. The first kappa shape index (κ1) is 13.8. The molecule has 4 nitrogen and oxygen atoms in total. The Balaban J connectivity index is 2.34. The molecule has 0 saturated carbocycles. The number of carboxylic acid groups (broad SMARTS) is 1.